The van der Waals surface area contributed by atoms with Crippen molar-refractivity contribution in [3.8, 4) is 5.75 Å². The normalized spacial score (nSPS) is 20.2. The van der Waals surface area contributed by atoms with Crippen molar-refractivity contribution in [3.05, 3.63) is 29.8 Å². The minimum atomic E-state index is -0.246. The van der Waals surface area contributed by atoms with Crippen molar-refractivity contribution in [3.63, 3.8) is 0 Å². The Bertz CT molecular complexity index is 444. The fourth-order valence-corrected chi connectivity index (χ4v) is 2.33. The summed E-state index contributed by atoms with van der Waals surface area (Å²) in [6, 6.07) is 7.66. The fraction of sp³-hybridized carbons (Fsp3) is 0.533. The lowest BCUT2D eigenvalue weighted by Crippen LogP contribution is -2.53. The van der Waals surface area contributed by atoms with E-state index in [4.69, 9.17) is 9.47 Å². The lowest BCUT2D eigenvalue weighted by atomic mass is 10.1. The molecule has 1 amide bonds. The standard InChI is InChI=1S/C15H22N2O3/c1-11(9-12-5-3-4-6-14(12)19-2)17-15(18)13-10-20-8-7-16-13/h3-6,11,13,16H,7-10H2,1-2H3,(H,17,18). The van der Waals surface area contributed by atoms with Gasteiger partial charge in [0, 0.05) is 12.6 Å². The minimum Gasteiger partial charge on any atom is -0.496 e. The monoisotopic (exact) mass is 278 g/mol. The molecule has 0 spiro atoms. The van der Waals surface area contributed by atoms with E-state index >= 15 is 0 Å². The van der Waals surface area contributed by atoms with Crippen LogP contribution in [0.25, 0.3) is 0 Å². The second-order valence-corrected chi connectivity index (χ2v) is 5.01. The number of carbonyl (C=O) groups excluding carboxylic acids is 1. The molecule has 2 rings (SSSR count). The summed E-state index contributed by atoms with van der Waals surface area (Å²) >= 11 is 0. The van der Waals surface area contributed by atoms with Gasteiger partial charge in [-0.3, -0.25) is 4.79 Å². The van der Waals surface area contributed by atoms with Crippen molar-refractivity contribution >= 4 is 5.91 Å². The molecule has 0 bridgehead atoms. The Morgan fingerprint density at radius 1 is 1.55 bits per heavy atom. The summed E-state index contributed by atoms with van der Waals surface area (Å²) in [5.74, 6) is 0.847. The van der Waals surface area contributed by atoms with E-state index in [0.717, 1.165) is 24.3 Å². The summed E-state index contributed by atoms with van der Waals surface area (Å²) in [5, 5.41) is 6.16. The molecule has 2 unspecified atom stereocenters. The van der Waals surface area contributed by atoms with Crippen LogP contribution in [0.2, 0.25) is 0 Å². The summed E-state index contributed by atoms with van der Waals surface area (Å²) in [6.45, 7) is 3.82. The number of carbonyl (C=O) groups is 1. The van der Waals surface area contributed by atoms with Crippen LogP contribution in [0.4, 0.5) is 0 Å². The van der Waals surface area contributed by atoms with Crippen molar-refractivity contribution in [1.29, 1.82) is 0 Å². The van der Waals surface area contributed by atoms with E-state index < -0.39 is 0 Å². The maximum Gasteiger partial charge on any atom is 0.239 e. The van der Waals surface area contributed by atoms with E-state index in [2.05, 4.69) is 10.6 Å². The maximum absolute atomic E-state index is 12.1. The zero-order valence-corrected chi connectivity index (χ0v) is 12.0. The number of morpholine rings is 1. The van der Waals surface area contributed by atoms with Crippen LogP contribution < -0.4 is 15.4 Å². The van der Waals surface area contributed by atoms with Crippen LogP contribution in [-0.4, -0.2) is 44.9 Å². The van der Waals surface area contributed by atoms with Gasteiger partial charge in [0.05, 0.1) is 20.3 Å². The minimum absolute atomic E-state index is 0.00732. The van der Waals surface area contributed by atoms with Gasteiger partial charge in [-0.15, -0.1) is 0 Å². The van der Waals surface area contributed by atoms with E-state index in [9.17, 15) is 4.79 Å². The molecule has 1 aromatic carbocycles. The largest absolute Gasteiger partial charge is 0.496 e. The molecule has 1 aromatic rings. The summed E-state index contributed by atoms with van der Waals surface area (Å²) in [5.41, 5.74) is 1.09. The zero-order valence-electron chi connectivity index (χ0n) is 12.0. The molecule has 1 aliphatic rings. The highest BCUT2D eigenvalue weighted by atomic mass is 16.5. The second kappa shape index (κ2) is 7.26. The van der Waals surface area contributed by atoms with E-state index in [-0.39, 0.29) is 18.0 Å². The molecule has 0 aliphatic carbocycles. The Morgan fingerprint density at radius 2 is 2.35 bits per heavy atom. The molecule has 1 heterocycles. The van der Waals surface area contributed by atoms with Gasteiger partial charge in [-0.1, -0.05) is 18.2 Å². The number of nitrogens with one attached hydrogen (secondary N) is 2. The van der Waals surface area contributed by atoms with Crippen molar-refractivity contribution in [1.82, 2.24) is 10.6 Å². The third-order valence-electron chi connectivity index (χ3n) is 3.35. The third-order valence-corrected chi connectivity index (χ3v) is 3.35. The Balaban J connectivity index is 1.88. The Hall–Kier alpha value is -1.59. The van der Waals surface area contributed by atoms with E-state index in [1.54, 1.807) is 7.11 Å². The molecule has 1 saturated heterocycles. The highest BCUT2D eigenvalue weighted by molar-refractivity contribution is 5.82. The van der Waals surface area contributed by atoms with Crippen LogP contribution in [0.3, 0.4) is 0 Å². The number of amides is 1. The smallest absolute Gasteiger partial charge is 0.239 e. The highest BCUT2D eigenvalue weighted by Crippen LogP contribution is 2.18. The van der Waals surface area contributed by atoms with Gasteiger partial charge in [0.25, 0.3) is 0 Å². The first-order valence-corrected chi connectivity index (χ1v) is 6.94. The zero-order chi connectivity index (χ0) is 14.4. The molecular formula is C15H22N2O3. The molecule has 1 aliphatic heterocycles. The Labute approximate surface area is 119 Å². The third kappa shape index (κ3) is 3.95. The molecule has 5 heteroatoms. The van der Waals surface area contributed by atoms with Crippen LogP contribution in [-0.2, 0) is 16.0 Å². The van der Waals surface area contributed by atoms with Gasteiger partial charge >= 0.3 is 0 Å². The number of hydrogen-bond acceptors (Lipinski definition) is 4. The van der Waals surface area contributed by atoms with Crippen LogP contribution in [0.5, 0.6) is 5.75 Å². The van der Waals surface area contributed by atoms with Crippen LogP contribution in [0.15, 0.2) is 24.3 Å². The molecule has 110 valence electrons. The topological polar surface area (TPSA) is 59.6 Å². The molecular weight excluding hydrogens is 256 g/mol. The molecule has 0 radical (unpaired) electrons. The SMILES string of the molecule is COc1ccccc1CC(C)NC(=O)C1COCCN1. The molecule has 20 heavy (non-hydrogen) atoms. The van der Waals surface area contributed by atoms with Gasteiger partial charge in [-0.25, -0.2) is 0 Å². The molecule has 0 aromatic heterocycles. The lowest BCUT2D eigenvalue weighted by molar-refractivity contribution is -0.126. The van der Waals surface area contributed by atoms with Gasteiger partial charge in [0.15, 0.2) is 0 Å². The summed E-state index contributed by atoms with van der Waals surface area (Å²) in [7, 11) is 1.66. The average molecular weight is 278 g/mol. The van der Waals surface area contributed by atoms with E-state index in [1.165, 1.54) is 0 Å². The molecule has 2 N–H and O–H groups in total. The Morgan fingerprint density at radius 3 is 3.05 bits per heavy atom. The first kappa shape index (κ1) is 14.8. The molecule has 1 fully saturated rings. The van der Waals surface area contributed by atoms with Crippen LogP contribution in [0, 0.1) is 0 Å². The Kier molecular flexibility index (Phi) is 5.38. The van der Waals surface area contributed by atoms with Gasteiger partial charge in [-0.05, 0) is 25.0 Å². The van der Waals surface area contributed by atoms with Crippen molar-refractivity contribution < 1.29 is 14.3 Å². The predicted molar refractivity (Wildman–Crippen MR) is 76.9 cm³/mol. The second-order valence-electron chi connectivity index (χ2n) is 5.01. The first-order valence-electron chi connectivity index (χ1n) is 6.94. The van der Waals surface area contributed by atoms with Crippen LogP contribution in [0.1, 0.15) is 12.5 Å². The number of ether oxygens (including phenoxy) is 2. The predicted octanol–water partition coefficient (Wildman–Crippen LogP) is 0.731. The number of methoxy groups -OCH3 is 1. The molecule has 0 saturated carbocycles. The maximum atomic E-state index is 12.1. The van der Waals surface area contributed by atoms with Gasteiger partial charge < -0.3 is 20.1 Å². The lowest BCUT2D eigenvalue weighted by Gasteiger charge is -2.25. The van der Waals surface area contributed by atoms with Crippen molar-refractivity contribution in [2.24, 2.45) is 0 Å². The van der Waals surface area contributed by atoms with Crippen LogP contribution >= 0.6 is 0 Å². The van der Waals surface area contributed by atoms with Crippen molar-refractivity contribution in [2.75, 3.05) is 26.9 Å². The summed E-state index contributed by atoms with van der Waals surface area (Å²) < 4.78 is 10.6. The van der Waals surface area contributed by atoms with Gasteiger partial charge in [0.1, 0.15) is 11.8 Å². The fourth-order valence-electron chi connectivity index (χ4n) is 2.33. The first-order chi connectivity index (χ1) is 9.70. The van der Waals surface area contributed by atoms with Gasteiger partial charge in [-0.2, -0.15) is 0 Å². The van der Waals surface area contributed by atoms with E-state index in [0.29, 0.717) is 13.2 Å². The average Bonchev–Trinajstić information content (AvgIpc) is 2.48. The number of para-hydroxylation sites is 1. The molecule has 2 atom stereocenters. The summed E-state index contributed by atoms with van der Waals surface area (Å²) in [6.07, 6.45) is 0.739. The summed E-state index contributed by atoms with van der Waals surface area (Å²) in [4.78, 5) is 12.1. The number of rotatable bonds is 5. The quantitative estimate of drug-likeness (QED) is 0.833. The van der Waals surface area contributed by atoms with Gasteiger partial charge in [0.2, 0.25) is 5.91 Å². The van der Waals surface area contributed by atoms with E-state index in [1.807, 2.05) is 31.2 Å². The highest BCUT2D eigenvalue weighted by Gasteiger charge is 2.22. The number of hydrogen-bond donors (Lipinski definition) is 2. The number of benzene rings is 1. The molecule has 5 nitrogen and oxygen atoms in total. The van der Waals surface area contributed by atoms with Crippen molar-refractivity contribution in [2.45, 2.75) is 25.4 Å².